The summed E-state index contributed by atoms with van der Waals surface area (Å²) in [5, 5.41) is 3.03. The van der Waals surface area contributed by atoms with E-state index in [-0.39, 0.29) is 23.8 Å². The summed E-state index contributed by atoms with van der Waals surface area (Å²) in [6.45, 7) is 6.65. The summed E-state index contributed by atoms with van der Waals surface area (Å²) < 4.78 is 0. The van der Waals surface area contributed by atoms with Crippen molar-refractivity contribution in [2.45, 2.75) is 45.2 Å². The number of benzene rings is 2. The minimum atomic E-state index is -1.10. The molecule has 31 heavy (non-hydrogen) atoms. The first-order valence-electron chi connectivity index (χ1n) is 11.0. The van der Waals surface area contributed by atoms with E-state index in [0.29, 0.717) is 5.69 Å². The first-order valence-corrected chi connectivity index (χ1v) is 11.0. The smallest absolute Gasteiger partial charge is 0.250 e. The largest absolute Gasteiger partial charge is 0.324 e. The SMILES string of the molecule is Cc1cc(C)cc(N2C(=O)C3C4CCCN4C4(C(=O)Nc5ccc(C)cc54)C3C2=O)c1. The average Bonchev–Trinajstić information content (AvgIpc) is 3.39. The van der Waals surface area contributed by atoms with Crippen LogP contribution in [0, 0.1) is 32.6 Å². The maximum atomic E-state index is 14.0. The monoisotopic (exact) mass is 415 g/mol. The van der Waals surface area contributed by atoms with Crippen molar-refractivity contribution in [1.82, 2.24) is 4.90 Å². The number of fused-ring (bicyclic) bond motifs is 7. The van der Waals surface area contributed by atoms with Crippen molar-refractivity contribution < 1.29 is 14.4 Å². The van der Waals surface area contributed by atoms with Gasteiger partial charge < -0.3 is 5.32 Å². The van der Waals surface area contributed by atoms with Crippen molar-refractivity contribution in [1.29, 1.82) is 0 Å². The number of imide groups is 1. The molecule has 2 aromatic carbocycles. The Morgan fingerprint density at radius 1 is 0.935 bits per heavy atom. The average molecular weight is 415 g/mol. The second-order valence-corrected chi connectivity index (χ2v) is 9.53. The Balaban J connectivity index is 1.57. The van der Waals surface area contributed by atoms with Gasteiger partial charge in [0.05, 0.1) is 17.5 Å². The molecule has 4 aliphatic rings. The Hall–Kier alpha value is -2.99. The van der Waals surface area contributed by atoms with Gasteiger partial charge in [0.15, 0.2) is 0 Å². The molecule has 6 nitrogen and oxygen atoms in total. The van der Waals surface area contributed by atoms with Gasteiger partial charge in [0.25, 0.3) is 0 Å². The van der Waals surface area contributed by atoms with E-state index < -0.39 is 17.4 Å². The third-order valence-corrected chi connectivity index (χ3v) is 7.61. The van der Waals surface area contributed by atoms with Gasteiger partial charge in [-0.2, -0.15) is 0 Å². The van der Waals surface area contributed by atoms with Crippen molar-refractivity contribution in [2.75, 3.05) is 16.8 Å². The number of hydrogen-bond acceptors (Lipinski definition) is 4. The van der Waals surface area contributed by atoms with Crippen LogP contribution in [-0.2, 0) is 19.9 Å². The van der Waals surface area contributed by atoms with Crippen LogP contribution in [0.2, 0.25) is 0 Å². The molecule has 4 heterocycles. The molecular formula is C25H25N3O3. The second kappa shape index (κ2) is 6.04. The first kappa shape index (κ1) is 18.8. The number of nitrogens with one attached hydrogen (secondary N) is 1. The highest BCUT2D eigenvalue weighted by molar-refractivity contribution is 6.25. The topological polar surface area (TPSA) is 69.7 Å². The highest BCUT2D eigenvalue weighted by Gasteiger charge is 2.74. The summed E-state index contributed by atoms with van der Waals surface area (Å²) in [6, 6.07) is 11.6. The van der Waals surface area contributed by atoms with Gasteiger partial charge >= 0.3 is 0 Å². The molecule has 3 fully saturated rings. The Morgan fingerprint density at radius 3 is 2.42 bits per heavy atom. The Labute approximate surface area is 181 Å². The van der Waals surface area contributed by atoms with Gasteiger partial charge in [-0.1, -0.05) is 23.8 Å². The van der Waals surface area contributed by atoms with Gasteiger partial charge in [-0.05, 0) is 69.5 Å². The van der Waals surface area contributed by atoms with Gasteiger partial charge in [0, 0.05) is 17.3 Å². The number of aryl methyl sites for hydroxylation is 3. The lowest BCUT2D eigenvalue weighted by Gasteiger charge is -2.36. The molecule has 158 valence electrons. The highest BCUT2D eigenvalue weighted by Crippen LogP contribution is 2.60. The van der Waals surface area contributed by atoms with Gasteiger partial charge in [-0.25, -0.2) is 4.90 Å². The van der Waals surface area contributed by atoms with Crippen LogP contribution in [0.4, 0.5) is 11.4 Å². The van der Waals surface area contributed by atoms with Crippen LogP contribution < -0.4 is 10.2 Å². The van der Waals surface area contributed by atoms with E-state index in [0.717, 1.165) is 47.3 Å². The normalized spacial score (nSPS) is 31.4. The van der Waals surface area contributed by atoms with E-state index in [2.05, 4.69) is 10.2 Å². The van der Waals surface area contributed by atoms with Crippen LogP contribution in [0.25, 0.3) is 0 Å². The van der Waals surface area contributed by atoms with Gasteiger partial charge in [0.2, 0.25) is 17.7 Å². The van der Waals surface area contributed by atoms with E-state index in [4.69, 9.17) is 0 Å². The molecule has 1 spiro atoms. The van der Waals surface area contributed by atoms with Crippen molar-refractivity contribution in [2.24, 2.45) is 11.8 Å². The second-order valence-electron chi connectivity index (χ2n) is 9.53. The lowest BCUT2D eigenvalue weighted by atomic mass is 9.75. The molecule has 0 bridgehead atoms. The van der Waals surface area contributed by atoms with E-state index >= 15 is 0 Å². The van der Waals surface area contributed by atoms with Gasteiger partial charge in [0.1, 0.15) is 5.54 Å². The molecule has 1 N–H and O–H groups in total. The number of amides is 3. The molecule has 4 atom stereocenters. The van der Waals surface area contributed by atoms with Crippen molar-refractivity contribution in [3.05, 3.63) is 58.7 Å². The van der Waals surface area contributed by atoms with Crippen molar-refractivity contribution in [3.63, 3.8) is 0 Å². The zero-order valence-electron chi connectivity index (χ0n) is 17.9. The van der Waals surface area contributed by atoms with Crippen LogP contribution in [0.3, 0.4) is 0 Å². The molecule has 4 aliphatic heterocycles. The molecule has 6 rings (SSSR count). The fourth-order valence-corrected chi connectivity index (χ4v) is 6.65. The number of carbonyl (C=O) groups excluding carboxylic acids is 3. The van der Waals surface area contributed by atoms with Gasteiger partial charge in [-0.3, -0.25) is 19.3 Å². The van der Waals surface area contributed by atoms with Crippen LogP contribution in [-0.4, -0.2) is 35.2 Å². The van der Waals surface area contributed by atoms with E-state index in [1.165, 1.54) is 4.90 Å². The Kier molecular flexibility index (Phi) is 3.65. The quantitative estimate of drug-likeness (QED) is 0.727. The molecular weight excluding hydrogens is 390 g/mol. The molecule has 0 aliphatic carbocycles. The van der Waals surface area contributed by atoms with Crippen LogP contribution in [0.15, 0.2) is 36.4 Å². The van der Waals surface area contributed by atoms with Crippen molar-refractivity contribution in [3.8, 4) is 0 Å². The molecule has 6 heteroatoms. The molecule has 3 amide bonds. The van der Waals surface area contributed by atoms with Crippen LogP contribution in [0.1, 0.15) is 35.1 Å². The summed E-state index contributed by atoms with van der Waals surface area (Å²) in [7, 11) is 0. The summed E-state index contributed by atoms with van der Waals surface area (Å²) in [4.78, 5) is 44.8. The molecule has 0 radical (unpaired) electrons. The number of nitrogens with zero attached hydrogens (tertiary/aromatic N) is 2. The fraction of sp³-hybridized carbons (Fsp3) is 0.400. The summed E-state index contributed by atoms with van der Waals surface area (Å²) >= 11 is 0. The molecule has 4 unspecified atom stereocenters. The molecule has 2 aromatic rings. The first-order chi connectivity index (χ1) is 14.8. The standard InChI is InChI=1S/C25H25N3O3/c1-13-6-7-18-17(12-13)25(24(31)26-18)21-20(19-5-4-8-27(19)25)22(29)28(23(21)30)16-10-14(2)9-15(3)11-16/h6-7,9-12,19-21H,4-5,8H2,1-3H3,(H,26,31). The van der Waals surface area contributed by atoms with E-state index in [9.17, 15) is 14.4 Å². The van der Waals surface area contributed by atoms with Crippen LogP contribution >= 0.6 is 0 Å². The Morgan fingerprint density at radius 2 is 1.68 bits per heavy atom. The minimum Gasteiger partial charge on any atom is -0.324 e. The molecule has 0 aromatic heterocycles. The van der Waals surface area contributed by atoms with E-state index in [1.807, 2.05) is 57.2 Å². The lowest BCUT2D eigenvalue weighted by Crippen LogP contribution is -2.54. The number of carbonyl (C=O) groups is 3. The highest BCUT2D eigenvalue weighted by atomic mass is 16.2. The van der Waals surface area contributed by atoms with Gasteiger partial charge in [-0.15, -0.1) is 0 Å². The molecule has 3 saturated heterocycles. The maximum absolute atomic E-state index is 14.0. The Bertz CT molecular complexity index is 1170. The number of rotatable bonds is 1. The zero-order chi connectivity index (χ0) is 21.7. The minimum absolute atomic E-state index is 0.0884. The third-order valence-electron chi connectivity index (χ3n) is 7.61. The predicted molar refractivity (Wildman–Crippen MR) is 117 cm³/mol. The summed E-state index contributed by atoms with van der Waals surface area (Å²) in [5.74, 6) is -1.78. The maximum Gasteiger partial charge on any atom is 0.250 e. The van der Waals surface area contributed by atoms with Crippen molar-refractivity contribution >= 4 is 29.1 Å². The molecule has 0 saturated carbocycles. The fourth-order valence-electron chi connectivity index (χ4n) is 6.65. The summed E-state index contributed by atoms with van der Waals surface area (Å²) in [5.41, 5.74) is 4.16. The number of hydrogen-bond donors (Lipinski definition) is 1. The van der Waals surface area contributed by atoms with E-state index in [1.54, 1.807) is 0 Å². The van der Waals surface area contributed by atoms with Crippen LogP contribution in [0.5, 0.6) is 0 Å². The third kappa shape index (κ3) is 2.18. The lowest BCUT2D eigenvalue weighted by molar-refractivity contribution is -0.135. The predicted octanol–water partition coefficient (Wildman–Crippen LogP) is 3.04. The summed E-state index contributed by atoms with van der Waals surface area (Å²) in [6.07, 6.45) is 1.76. The number of anilines is 2. The zero-order valence-corrected chi connectivity index (χ0v) is 17.9.